The van der Waals surface area contributed by atoms with Gasteiger partial charge in [0.2, 0.25) is 0 Å². The molecule has 0 radical (unpaired) electrons. The molecule has 7 nitrogen and oxygen atoms in total. The molecule has 1 aliphatic heterocycles. The van der Waals surface area contributed by atoms with Gasteiger partial charge in [-0.1, -0.05) is 0 Å². The number of nitrogens with zero attached hydrogens (tertiary/aromatic N) is 1. The Morgan fingerprint density at radius 3 is 2.63 bits per heavy atom. The molecular formula is C12H20N2O5. The Kier molecular flexibility index (Phi) is 4.26. The molecule has 1 saturated heterocycles. The van der Waals surface area contributed by atoms with E-state index >= 15 is 0 Å². The Morgan fingerprint density at radius 1 is 1.32 bits per heavy atom. The molecule has 4 N–H and O–H groups in total. The summed E-state index contributed by atoms with van der Waals surface area (Å²) in [5, 5.41) is 29.9. The summed E-state index contributed by atoms with van der Waals surface area (Å²) in [5.41, 5.74) is 0. The number of carboxylic acid groups (broad SMARTS) is 1. The maximum atomic E-state index is 12.0. The van der Waals surface area contributed by atoms with E-state index in [1.807, 2.05) is 0 Å². The smallest absolute Gasteiger partial charge is 0.326 e. The standard InChI is InChI=1S/C12H20N2O5/c15-4-3-9(11(17)18)13-12(19)14-5-7-1-2-10(16)8(7)6-14/h7-10,15-16H,1-6H2,(H,13,19)(H,17,18)/t7?,8?,9-,10?/m0/s1. The number of rotatable bonds is 4. The second kappa shape index (κ2) is 5.75. The van der Waals surface area contributed by atoms with Crippen molar-refractivity contribution >= 4 is 12.0 Å². The fraction of sp³-hybridized carbons (Fsp3) is 0.833. The van der Waals surface area contributed by atoms with Crippen molar-refractivity contribution < 1.29 is 24.9 Å². The lowest BCUT2D eigenvalue weighted by molar-refractivity contribution is -0.139. The van der Waals surface area contributed by atoms with Crippen LogP contribution in [0, 0.1) is 11.8 Å². The largest absolute Gasteiger partial charge is 0.480 e. The predicted molar refractivity (Wildman–Crippen MR) is 65.5 cm³/mol. The van der Waals surface area contributed by atoms with Gasteiger partial charge in [-0.2, -0.15) is 0 Å². The molecule has 2 amide bonds. The van der Waals surface area contributed by atoms with E-state index in [2.05, 4.69) is 5.32 Å². The van der Waals surface area contributed by atoms with Crippen molar-refractivity contribution in [3.05, 3.63) is 0 Å². The molecule has 0 bridgehead atoms. The summed E-state index contributed by atoms with van der Waals surface area (Å²) in [4.78, 5) is 24.4. The average Bonchev–Trinajstić information content (AvgIpc) is 2.91. The van der Waals surface area contributed by atoms with Crippen molar-refractivity contribution in [2.45, 2.75) is 31.4 Å². The number of urea groups is 1. The topological polar surface area (TPSA) is 110 Å². The fourth-order valence-electron chi connectivity index (χ4n) is 3.03. The summed E-state index contributed by atoms with van der Waals surface area (Å²) in [5.74, 6) is -0.712. The minimum absolute atomic E-state index is 0.00953. The van der Waals surface area contributed by atoms with E-state index in [1.165, 1.54) is 0 Å². The lowest BCUT2D eigenvalue weighted by Gasteiger charge is -2.21. The lowest BCUT2D eigenvalue weighted by atomic mass is 10.00. The van der Waals surface area contributed by atoms with Crippen LogP contribution in [0.2, 0.25) is 0 Å². The number of carboxylic acids is 1. The van der Waals surface area contributed by atoms with Crippen LogP contribution in [-0.4, -0.2) is 64.1 Å². The third-order valence-corrected chi connectivity index (χ3v) is 4.12. The zero-order chi connectivity index (χ0) is 14.0. The summed E-state index contributed by atoms with van der Waals surface area (Å²) in [6.45, 7) is 0.753. The van der Waals surface area contributed by atoms with Crippen LogP contribution in [0.1, 0.15) is 19.3 Å². The van der Waals surface area contributed by atoms with Crippen LogP contribution in [0.15, 0.2) is 0 Å². The molecule has 4 atom stereocenters. The number of aliphatic carboxylic acids is 1. The number of nitrogens with one attached hydrogen (secondary N) is 1. The molecule has 7 heteroatoms. The van der Waals surface area contributed by atoms with Gasteiger partial charge >= 0.3 is 12.0 Å². The number of carbonyl (C=O) groups is 2. The van der Waals surface area contributed by atoms with Gasteiger partial charge in [-0.05, 0) is 18.8 Å². The Morgan fingerprint density at radius 2 is 2.05 bits per heavy atom. The highest BCUT2D eigenvalue weighted by Crippen LogP contribution is 2.37. The van der Waals surface area contributed by atoms with Gasteiger partial charge in [-0.15, -0.1) is 0 Å². The minimum atomic E-state index is -1.15. The molecule has 3 unspecified atom stereocenters. The van der Waals surface area contributed by atoms with E-state index < -0.39 is 18.0 Å². The average molecular weight is 272 g/mol. The zero-order valence-electron chi connectivity index (χ0n) is 10.7. The second-order valence-corrected chi connectivity index (χ2v) is 5.33. The summed E-state index contributed by atoms with van der Waals surface area (Å²) in [7, 11) is 0. The van der Waals surface area contributed by atoms with Crippen molar-refractivity contribution in [1.82, 2.24) is 10.2 Å². The number of aliphatic hydroxyl groups is 2. The van der Waals surface area contributed by atoms with E-state index in [0.29, 0.717) is 19.0 Å². The first kappa shape index (κ1) is 14.1. The van der Waals surface area contributed by atoms with Crippen LogP contribution < -0.4 is 5.32 Å². The third kappa shape index (κ3) is 2.98. The van der Waals surface area contributed by atoms with Gasteiger partial charge in [0, 0.05) is 32.0 Å². The molecule has 2 aliphatic rings. The number of aliphatic hydroxyl groups excluding tert-OH is 2. The highest BCUT2D eigenvalue weighted by atomic mass is 16.4. The highest BCUT2D eigenvalue weighted by molar-refractivity contribution is 5.82. The molecule has 2 rings (SSSR count). The number of fused-ring (bicyclic) bond motifs is 1. The molecule has 1 aliphatic carbocycles. The molecule has 2 fully saturated rings. The van der Waals surface area contributed by atoms with Crippen LogP contribution >= 0.6 is 0 Å². The molecule has 0 spiro atoms. The van der Waals surface area contributed by atoms with E-state index in [1.54, 1.807) is 4.90 Å². The van der Waals surface area contributed by atoms with Gasteiger partial charge in [0.25, 0.3) is 0 Å². The summed E-state index contributed by atoms with van der Waals surface area (Å²) in [6.07, 6.45) is 1.34. The fourth-order valence-corrected chi connectivity index (χ4v) is 3.03. The number of hydrogen-bond acceptors (Lipinski definition) is 4. The second-order valence-electron chi connectivity index (χ2n) is 5.33. The van der Waals surface area contributed by atoms with Crippen molar-refractivity contribution in [1.29, 1.82) is 0 Å². The van der Waals surface area contributed by atoms with Crippen LogP contribution in [0.3, 0.4) is 0 Å². The third-order valence-electron chi connectivity index (χ3n) is 4.12. The van der Waals surface area contributed by atoms with Crippen molar-refractivity contribution in [3.63, 3.8) is 0 Å². The van der Waals surface area contributed by atoms with Crippen molar-refractivity contribution in [2.75, 3.05) is 19.7 Å². The molecule has 19 heavy (non-hydrogen) atoms. The van der Waals surface area contributed by atoms with Crippen LogP contribution in [0.5, 0.6) is 0 Å². The molecule has 108 valence electrons. The predicted octanol–water partition coefficient (Wildman–Crippen LogP) is -0.766. The van der Waals surface area contributed by atoms with Gasteiger partial charge in [0.05, 0.1) is 6.10 Å². The normalized spacial score (nSPS) is 31.1. The van der Waals surface area contributed by atoms with Crippen LogP contribution in [0.4, 0.5) is 4.79 Å². The van der Waals surface area contributed by atoms with Gasteiger partial charge in [-0.25, -0.2) is 9.59 Å². The Balaban J connectivity index is 1.89. The molecule has 0 aromatic rings. The molecule has 1 saturated carbocycles. The van der Waals surface area contributed by atoms with Gasteiger partial charge in [-0.3, -0.25) is 0 Å². The summed E-state index contributed by atoms with van der Waals surface area (Å²) < 4.78 is 0. The maximum Gasteiger partial charge on any atom is 0.326 e. The zero-order valence-corrected chi connectivity index (χ0v) is 10.7. The monoisotopic (exact) mass is 272 g/mol. The van der Waals surface area contributed by atoms with Crippen LogP contribution in [0.25, 0.3) is 0 Å². The van der Waals surface area contributed by atoms with Crippen molar-refractivity contribution in [2.24, 2.45) is 11.8 Å². The lowest BCUT2D eigenvalue weighted by Crippen LogP contribution is -2.48. The number of likely N-dealkylation sites (tertiary alicyclic amines) is 1. The molecular weight excluding hydrogens is 252 g/mol. The minimum Gasteiger partial charge on any atom is -0.480 e. The van der Waals surface area contributed by atoms with E-state index in [-0.39, 0.29) is 25.0 Å². The van der Waals surface area contributed by atoms with Gasteiger partial charge in [0.15, 0.2) is 0 Å². The number of amides is 2. The van der Waals surface area contributed by atoms with E-state index in [4.69, 9.17) is 10.2 Å². The number of carbonyl (C=O) groups excluding carboxylic acids is 1. The highest BCUT2D eigenvalue weighted by Gasteiger charge is 2.43. The molecule has 0 aromatic carbocycles. The summed E-state index contributed by atoms with van der Waals surface area (Å²) >= 11 is 0. The molecule has 0 aromatic heterocycles. The van der Waals surface area contributed by atoms with Crippen molar-refractivity contribution in [3.8, 4) is 0 Å². The Hall–Kier alpha value is -1.34. The first-order valence-corrected chi connectivity index (χ1v) is 6.60. The van der Waals surface area contributed by atoms with Gasteiger partial charge in [0.1, 0.15) is 6.04 Å². The quantitative estimate of drug-likeness (QED) is 0.537. The summed E-state index contributed by atoms with van der Waals surface area (Å²) in [6, 6.07) is -1.50. The maximum absolute atomic E-state index is 12.0. The SMILES string of the molecule is O=C(O)[C@H](CCO)NC(=O)N1CC2CCC(O)C2C1. The van der Waals surface area contributed by atoms with Crippen LogP contribution in [-0.2, 0) is 4.79 Å². The first-order chi connectivity index (χ1) is 9.02. The molecule has 1 heterocycles. The Labute approximate surface area is 111 Å². The van der Waals surface area contributed by atoms with E-state index in [9.17, 15) is 14.7 Å². The Bertz CT molecular complexity index is 362. The van der Waals surface area contributed by atoms with E-state index in [0.717, 1.165) is 12.8 Å². The first-order valence-electron chi connectivity index (χ1n) is 6.60. The number of hydrogen-bond donors (Lipinski definition) is 4. The van der Waals surface area contributed by atoms with Gasteiger partial charge < -0.3 is 25.5 Å².